The van der Waals surface area contributed by atoms with E-state index in [9.17, 15) is 9.90 Å². The van der Waals surface area contributed by atoms with Crippen molar-refractivity contribution in [2.45, 2.75) is 25.8 Å². The smallest absolute Gasteiger partial charge is 0.223 e. The Morgan fingerprint density at radius 3 is 2.43 bits per heavy atom. The normalized spacial score (nSPS) is 16.2. The number of carbonyl (C=O) groups is 1. The standard InChI is InChI=1S/C18H19NO2/c1-13-5-2-6-14(11-13)18(19-10-4-9-17(19)21)15-7-3-8-16(20)12-15/h2-3,5-8,11-12,18,20H,4,9-10H2,1H3. The first-order valence-corrected chi connectivity index (χ1v) is 7.30. The molecule has 21 heavy (non-hydrogen) atoms. The third kappa shape index (κ3) is 2.77. The van der Waals surface area contributed by atoms with Crippen LogP contribution in [0.5, 0.6) is 5.75 Å². The summed E-state index contributed by atoms with van der Waals surface area (Å²) in [5.41, 5.74) is 3.22. The molecule has 1 N–H and O–H groups in total. The Morgan fingerprint density at radius 2 is 1.81 bits per heavy atom. The van der Waals surface area contributed by atoms with Gasteiger partial charge in [-0.05, 0) is 36.6 Å². The number of likely N-dealkylation sites (tertiary alicyclic amines) is 1. The van der Waals surface area contributed by atoms with Gasteiger partial charge < -0.3 is 10.0 Å². The predicted molar refractivity (Wildman–Crippen MR) is 82.1 cm³/mol. The number of rotatable bonds is 3. The van der Waals surface area contributed by atoms with Crippen molar-refractivity contribution in [1.29, 1.82) is 0 Å². The maximum absolute atomic E-state index is 12.2. The third-order valence-corrected chi connectivity index (χ3v) is 3.97. The van der Waals surface area contributed by atoms with Crippen molar-refractivity contribution in [2.75, 3.05) is 6.54 Å². The van der Waals surface area contributed by atoms with Crippen LogP contribution in [0.4, 0.5) is 0 Å². The maximum Gasteiger partial charge on any atom is 0.223 e. The molecular formula is C18H19NO2. The number of hydrogen-bond acceptors (Lipinski definition) is 2. The molecule has 2 aromatic carbocycles. The van der Waals surface area contributed by atoms with Crippen LogP contribution in [0.3, 0.4) is 0 Å². The molecule has 0 spiro atoms. The van der Waals surface area contributed by atoms with Gasteiger partial charge >= 0.3 is 0 Å². The van der Waals surface area contributed by atoms with E-state index in [4.69, 9.17) is 0 Å². The van der Waals surface area contributed by atoms with Gasteiger partial charge in [-0.2, -0.15) is 0 Å². The van der Waals surface area contributed by atoms with E-state index in [1.807, 2.05) is 29.2 Å². The highest BCUT2D eigenvalue weighted by Gasteiger charge is 2.30. The van der Waals surface area contributed by atoms with E-state index >= 15 is 0 Å². The van der Waals surface area contributed by atoms with Crippen LogP contribution in [0.2, 0.25) is 0 Å². The van der Waals surface area contributed by atoms with Gasteiger partial charge in [0.25, 0.3) is 0 Å². The Labute approximate surface area is 124 Å². The Kier molecular flexibility index (Phi) is 3.65. The molecule has 0 radical (unpaired) electrons. The summed E-state index contributed by atoms with van der Waals surface area (Å²) in [4.78, 5) is 14.1. The van der Waals surface area contributed by atoms with E-state index in [1.54, 1.807) is 12.1 Å². The molecule has 3 rings (SSSR count). The van der Waals surface area contributed by atoms with Crippen LogP contribution in [0.25, 0.3) is 0 Å². The number of phenolic OH excluding ortho intramolecular Hbond substituents is 1. The molecule has 0 bridgehead atoms. The average Bonchev–Trinajstić information content (AvgIpc) is 2.86. The highest BCUT2D eigenvalue weighted by Crippen LogP contribution is 2.33. The molecule has 1 aliphatic heterocycles. The van der Waals surface area contributed by atoms with Gasteiger partial charge in [-0.3, -0.25) is 4.79 Å². The number of benzene rings is 2. The van der Waals surface area contributed by atoms with Crippen molar-refractivity contribution in [3.05, 3.63) is 65.2 Å². The third-order valence-electron chi connectivity index (χ3n) is 3.97. The van der Waals surface area contributed by atoms with Gasteiger partial charge in [-0.15, -0.1) is 0 Å². The summed E-state index contributed by atoms with van der Waals surface area (Å²) in [5, 5.41) is 9.77. The van der Waals surface area contributed by atoms with Crippen LogP contribution >= 0.6 is 0 Å². The van der Waals surface area contributed by atoms with Crippen LogP contribution in [0, 0.1) is 6.92 Å². The molecule has 0 aromatic heterocycles. The fourth-order valence-electron chi connectivity index (χ4n) is 3.03. The summed E-state index contributed by atoms with van der Waals surface area (Å²) in [6.07, 6.45) is 1.51. The number of nitrogens with zero attached hydrogens (tertiary/aromatic N) is 1. The maximum atomic E-state index is 12.2. The highest BCUT2D eigenvalue weighted by atomic mass is 16.3. The Morgan fingerprint density at radius 1 is 1.10 bits per heavy atom. The molecule has 0 aliphatic carbocycles. The minimum absolute atomic E-state index is 0.119. The first-order chi connectivity index (χ1) is 10.1. The monoisotopic (exact) mass is 281 g/mol. The Bertz CT molecular complexity index is 620. The summed E-state index contributed by atoms with van der Waals surface area (Å²) in [6, 6.07) is 15.3. The van der Waals surface area contributed by atoms with Gasteiger partial charge in [-0.1, -0.05) is 42.0 Å². The van der Waals surface area contributed by atoms with Crippen LogP contribution in [-0.2, 0) is 4.79 Å². The van der Waals surface area contributed by atoms with Crippen LogP contribution < -0.4 is 0 Å². The zero-order valence-corrected chi connectivity index (χ0v) is 12.1. The van der Waals surface area contributed by atoms with Crippen molar-refractivity contribution >= 4 is 5.91 Å². The van der Waals surface area contributed by atoms with E-state index in [-0.39, 0.29) is 17.7 Å². The quantitative estimate of drug-likeness (QED) is 0.936. The first-order valence-electron chi connectivity index (χ1n) is 7.30. The van der Waals surface area contributed by atoms with Crippen molar-refractivity contribution in [3.63, 3.8) is 0 Å². The van der Waals surface area contributed by atoms with Crippen molar-refractivity contribution < 1.29 is 9.90 Å². The van der Waals surface area contributed by atoms with E-state index < -0.39 is 0 Å². The minimum Gasteiger partial charge on any atom is -0.508 e. The number of hydrogen-bond donors (Lipinski definition) is 1. The Hall–Kier alpha value is -2.29. The van der Waals surface area contributed by atoms with E-state index in [0.29, 0.717) is 6.42 Å². The second-order valence-corrected chi connectivity index (χ2v) is 5.60. The van der Waals surface area contributed by atoms with E-state index in [0.717, 1.165) is 24.1 Å². The lowest BCUT2D eigenvalue weighted by Crippen LogP contribution is -2.30. The molecular weight excluding hydrogens is 262 g/mol. The van der Waals surface area contributed by atoms with E-state index in [1.165, 1.54) is 5.56 Å². The fraction of sp³-hybridized carbons (Fsp3) is 0.278. The SMILES string of the molecule is Cc1cccc(C(c2cccc(O)c2)N2CCCC2=O)c1. The van der Waals surface area contributed by atoms with Gasteiger partial charge in [0, 0.05) is 13.0 Å². The lowest BCUT2D eigenvalue weighted by atomic mass is 9.96. The summed E-state index contributed by atoms with van der Waals surface area (Å²) in [5.74, 6) is 0.418. The molecule has 108 valence electrons. The van der Waals surface area contributed by atoms with Crippen molar-refractivity contribution in [2.24, 2.45) is 0 Å². The summed E-state index contributed by atoms with van der Waals surface area (Å²) < 4.78 is 0. The zero-order chi connectivity index (χ0) is 14.8. The second-order valence-electron chi connectivity index (χ2n) is 5.60. The molecule has 1 heterocycles. The molecule has 1 amide bonds. The second kappa shape index (κ2) is 5.60. The number of aryl methyl sites for hydroxylation is 1. The van der Waals surface area contributed by atoms with Crippen LogP contribution in [0.15, 0.2) is 48.5 Å². The highest BCUT2D eigenvalue weighted by molar-refractivity contribution is 5.79. The van der Waals surface area contributed by atoms with Crippen molar-refractivity contribution in [1.82, 2.24) is 4.90 Å². The van der Waals surface area contributed by atoms with Gasteiger partial charge in [-0.25, -0.2) is 0 Å². The predicted octanol–water partition coefficient (Wildman–Crippen LogP) is 3.41. The van der Waals surface area contributed by atoms with Gasteiger partial charge in [0.15, 0.2) is 0 Å². The Balaban J connectivity index is 2.08. The summed E-state index contributed by atoms with van der Waals surface area (Å²) in [7, 11) is 0. The number of aromatic hydroxyl groups is 1. The lowest BCUT2D eigenvalue weighted by Gasteiger charge is -2.29. The van der Waals surface area contributed by atoms with Crippen LogP contribution in [-0.4, -0.2) is 22.5 Å². The topological polar surface area (TPSA) is 40.5 Å². The molecule has 1 aliphatic rings. The molecule has 1 atom stereocenters. The minimum atomic E-state index is -0.119. The number of carbonyl (C=O) groups excluding carboxylic acids is 1. The van der Waals surface area contributed by atoms with Gasteiger partial charge in [0.05, 0.1) is 6.04 Å². The molecule has 2 aromatic rings. The molecule has 3 nitrogen and oxygen atoms in total. The molecule has 1 unspecified atom stereocenters. The zero-order valence-electron chi connectivity index (χ0n) is 12.1. The molecule has 3 heteroatoms. The largest absolute Gasteiger partial charge is 0.508 e. The summed E-state index contributed by atoms with van der Waals surface area (Å²) >= 11 is 0. The number of amides is 1. The summed E-state index contributed by atoms with van der Waals surface area (Å²) in [6.45, 7) is 2.82. The van der Waals surface area contributed by atoms with Crippen LogP contribution in [0.1, 0.15) is 35.6 Å². The molecule has 1 saturated heterocycles. The average molecular weight is 281 g/mol. The fourth-order valence-corrected chi connectivity index (χ4v) is 3.03. The molecule has 1 fully saturated rings. The number of phenols is 1. The van der Waals surface area contributed by atoms with E-state index in [2.05, 4.69) is 19.1 Å². The lowest BCUT2D eigenvalue weighted by molar-refractivity contribution is -0.129. The van der Waals surface area contributed by atoms with Gasteiger partial charge in [0.1, 0.15) is 5.75 Å². The van der Waals surface area contributed by atoms with Gasteiger partial charge in [0.2, 0.25) is 5.91 Å². The molecule has 0 saturated carbocycles. The van der Waals surface area contributed by atoms with Crippen molar-refractivity contribution in [3.8, 4) is 5.75 Å². The first kappa shape index (κ1) is 13.7.